The minimum Gasteiger partial charge on any atom is -0.448 e. The molecule has 0 aliphatic heterocycles. The summed E-state index contributed by atoms with van der Waals surface area (Å²) in [6, 6.07) is 0. The number of rotatable bonds is 4. The second-order valence-corrected chi connectivity index (χ2v) is 2.36. The number of amides is 1. The Morgan fingerprint density at radius 2 is 2.18 bits per heavy atom. The molecule has 0 spiro atoms. The Hall–Kier alpha value is -0.770. The molecule has 4 nitrogen and oxygen atoms in total. The van der Waals surface area contributed by atoms with Crippen LogP contribution in [0.25, 0.3) is 0 Å². The van der Waals surface area contributed by atoms with Gasteiger partial charge in [-0.2, -0.15) is 0 Å². The van der Waals surface area contributed by atoms with E-state index >= 15 is 0 Å². The second kappa shape index (κ2) is 5.97. The van der Waals surface area contributed by atoms with E-state index in [9.17, 15) is 4.79 Å². The molecule has 0 saturated heterocycles. The first-order valence-corrected chi connectivity index (χ1v) is 3.73. The van der Waals surface area contributed by atoms with Gasteiger partial charge in [0.25, 0.3) is 0 Å². The van der Waals surface area contributed by atoms with E-state index in [1.807, 2.05) is 6.92 Å². The highest BCUT2D eigenvalue weighted by Crippen LogP contribution is 1.83. The van der Waals surface area contributed by atoms with Crippen molar-refractivity contribution in [3.8, 4) is 0 Å². The van der Waals surface area contributed by atoms with Gasteiger partial charge in [0.1, 0.15) is 6.61 Å². The monoisotopic (exact) mass is 160 g/mol. The van der Waals surface area contributed by atoms with E-state index in [2.05, 4.69) is 5.32 Å². The van der Waals surface area contributed by atoms with E-state index in [0.29, 0.717) is 6.61 Å². The molecule has 11 heavy (non-hydrogen) atoms. The van der Waals surface area contributed by atoms with Gasteiger partial charge in [-0.3, -0.25) is 0 Å². The molecule has 0 unspecified atom stereocenters. The molecule has 0 rings (SSSR count). The summed E-state index contributed by atoms with van der Waals surface area (Å²) in [4.78, 5) is 12.2. The zero-order valence-corrected chi connectivity index (χ0v) is 7.39. The Morgan fingerprint density at radius 3 is 2.64 bits per heavy atom. The van der Waals surface area contributed by atoms with Gasteiger partial charge in [0.15, 0.2) is 0 Å². The molecule has 0 atom stereocenters. The third-order valence-electron chi connectivity index (χ3n) is 1.12. The molecule has 0 aliphatic carbocycles. The van der Waals surface area contributed by atoms with Crippen LogP contribution in [0.1, 0.15) is 6.92 Å². The highest BCUT2D eigenvalue weighted by molar-refractivity contribution is 5.66. The number of carbonyl (C=O) groups excluding carboxylic acids is 1. The number of hydrogen-bond acceptors (Lipinski definition) is 3. The minimum absolute atomic E-state index is 0.289. The van der Waals surface area contributed by atoms with Crippen molar-refractivity contribution in [3.05, 3.63) is 0 Å². The predicted octanol–water partition coefficient (Wildman–Crippen LogP) is 0.294. The van der Waals surface area contributed by atoms with Crippen molar-refractivity contribution in [1.29, 1.82) is 0 Å². The van der Waals surface area contributed by atoms with Crippen LogP contribution in [-0.2, 0) is 4.74 Å². The van der Waals surface area contributed by atoms with E-state index in [-0.39, 0.29) is 6.09 Å². The minimum atomic E-state index is -0.289. The van der Waals surface area contributed by atoms with E-state index in [1.165, 1.54) is 4.90 Å². The van der Waals surface area contributed by atoms with E-state index in [0.717, 1.165) is 13.1 Å². The van der Waals surface area contributed by atoms with E-state index in [1.54, 1.807) is 14.1 Å². The Morgan fingerprint density at radius 1 is 1.55 bits per heavy atom. The average molecular weight is 160 g/mol. The van der Waals surface area contributed by atoms with Gasteiger partial charge in [-0.05, 0) is 6.54 Å². The molecular formula is C7H16N2O2. The molecule has 0 bridgehead atoms. The number of likely N-dealkylation sites (N-methyl/N-ethyl adjacent to an activating group) is 1. The molecular weight excluding hydrogens is 144 g/mol. The molecule has 0 aromatic heterocycles. The van der Waals surface area contributed by atoms with Crippen LogP contribution in [0.3, 0.4) is 0 Å². The van der Waals surface area contributed by atoms with Gasteiger partial charge < -0.3 is 15.0 Å². The summed E-state index contributed by atoms with van der Waals surface area (Å²) < 4.78 is 4.83. The van der Waals surface area contributed by atoms with Gasteiger partial charge >= 0.3 is 6.09 Å². The Kier molecular flexibility index (Phi) is 5.56. The number of nitrogens with zero attached hydrogens (tertiary/aromatic N) is 1. The summed E-state index contributed by atoms with van der Waals surface area (Å²) in [5, 5.41) is 3.05. The van der Waals surface area contributed by atoms with Crippen molar-refractivity contribution >= 4 is 6.09 Å². The maximum atomic E-state index is 10.8. The lowest BCUT2D eigenvalue weighted by Gasteiger charge is -2.10. The molecule has 0 fully saturated rings. The third kappa shape index (κ3) is 5.66. The van der Waals surface area contributed by atoms with Crippen LogP contribution in [0.15, 0.2) is 0 Å². The summed E-state index contributed by atoms with van der Waals surface area (Å²) in [6.07, 6.45) is -0.289. The smallest absolute Gasteiger partial charge is 0.409 e. The standard InChI is InChI=1S/C7H16N2O2/c1-4-8-5-6-11-7(10)9(2)3/h8H,4-6H2,1-3H3. The highest BCUT2D eigenvalue weighted by Gasteiger charge is 2.01. The first-order chi connectivity index (χ1) is 5.18. The molecule has 0 aromatic rings. The van der Waals surface area contributed by atoms with Crippen LogP contribution in [0.5, 0.6) is 0 Å². The Balaban J connectivity index is 3.18. The van der Waals surface area contributed by atoms with Gasteiger partial charge in [0.05, 0.1) is 0 Å². The zero-order chi connectivity index (χ0) is 8.69. The SMILES string of the molecule is CCNCCOC(=O)N(C)C. The van der Waals surface area contributed by atoms with Crippen LogP contribution in [0.2, 0.25) is 0 Å². The molecule has 4 heteroatoms. The first-order valence-electron chi connectivity index (χ1n) is 3.73. The van der Waals surface area contributed by atoms with Crippen LogP contribution in [0.4, 0.5) is 4.79 Å². The maximum absolute atomic E-state index is 10.8. The van der Waals surface area contributed by atoms with Crippen molar-refractivity contribution in [1.82, 2.24) is 10.2 Å². The van der Waals surface area contributed by atoms with Crippen molar-refractivity contribution in [2.45, 2.75) is 6.92 Å². The lowest BCUT2D eigenvalue weighted by atomic mass is 10.6. The van der Waals surface area contributed by atoms with Crippen LogP contribution < -0.4 is 5.32 Å². The lowest BCUT2D eigenvalue weighted by Crippen LogP contribution is -2.27. The summed E-state index contributed by atoms with van der Waals surface area (Å²) in [6.45, 7) is 4.06. The maximum Gasteiger partial charge on any atom is 0.409 e. The van der Waals surface area contributed by atoms with Crippen molar-refractivity contribution in [2.75, 3.05) is 33.8 Å². The molecule has 1 N–H and O–H groups in total. The van der Waals surface area contributed by atoms with Crippen LogP contribution in [-0.4, -0.2) is 44.8 Å². The van der Waals surface area contributed by atoms with Crippen molar-refractivity contribution < 1.29 is 9.53 Å². The number of carbonyl (C=O) groups is 1. The van der Waals surface area contributed by atoms with Gasteiger partial charge in [-0.25, -0.2) is 4.79 Å². The van der Waals surface area contributed by atoms with Gasteiger partial charge in [0, 0.05) is 20.6 Å². The predicted molar refractivity (Wildman–Crippen MR) is 43.6 cm³/mol. The van der Waals surface area contributed by atoms with Crippen LogP contribution >= 0.6 is 0 Å². The largest absolute Gasteiger partial charge is 0.448 e. The van der Waals surface area contributed by atoms with Gasteiger partial charge in [-0.15, -0.1) is 0 Å². The summed E-state index contributed by atoms with van der Waals surface area (Å²) >= 11 is 0. The fourth-order valence-electron chi connectivity index (χ4n) is 0.516. The van der Waals surface area contributed by atoms with Crippen LogP contribution in [0, 0.1) is 0 Å². The van der Waals surface area contributed by atoms with Gasteiger partial charge in [-0.1, -0.05) is 6.92 Å². The summed E-state index contributed by atoms with van der Waals surface area (Å²) in [7, 11) is 3.32. The quantitative estimate of drug-likeness (QED) is 0.601. The molecule has 66 valence electrons. The zero-order valence-electron chi connectivity index (χ0n) is 7.39. The van der Waals surface area contributed by atoms with Crippen molar-refractivity contribution in [3.63, 3.8) is 0 Å². The number of hydrogen-bond donors (Lipinski definition) is 1. The number of nitrogens with one attached hydrogen (secondary N) is 1. The summed E-state index contributed by atoms with van der Waals surface area (Å²) in [5.41, 5.74) is 0. The average Bonchev–Trinajstić information content (AvgIpc) is 1.97. The van der Waals surface area contributed by atoms with Gasteiger partial charge in [0.2, 0.25) is 0 Å². The topological polar surface area (TPSA) is 41.6 Å². The number of ether oxygens (including phenoxy) is 1. The molecule has 0 aromatic carbocycles. The summed E-state index contributed by atoms with van der Waals surface area (Å²) in [5.74, 6) is 0. The van der Waals surface area contributed by atoms with Crippen molar-refractivity contribution in [2.24, 2.45) is 0 Å². The Labute approximate surface area is 67.5 Å². The molecule has 0 radical (unpaired) electrons. The third-order valence-corrected chi connectivity index (χ3v) is 1.12. The highest BCUT2D eigenvalue weighted by atomic mass is 16.6. The Bertz CT molecular complexity index is 115. The fourth-order valence-corrected chi connectivity index (χ4v) is 0.516. The normalized spacial score (nSPS) is 9.36. The fraction of sp³-hybridized carbons (Fsp3) is 0.857. The van der Waals surface area contributed by atoms with E-state index < -0.39 is 0 Å². The molecule has 0 saturated carbocycles. The lowest BCUT2D eigenvalue weighted by molar-refractivity contribution is 0.119. The van der Waals surface area contributed by atoms with E-state index in [4.69, 9.17) is 4.74 Å². The molecule has 0 aliphatic rings. The second-order valence-electron chi connectivity index (χ2n) is 2.36. The first kappa shape index (κ1) is 10.2. The molecule has 0 heterocycles. The molecule has 1 amide bonds.